The molecule has 6 N–H and O–H groups in total. The molecule has 1 amide bonds. The van der Waals surface area contributed by atoms with Gasteiger partial charge in [0.05, 0.1) is 33.9 Å². The molecule has 11 heteroatoms. The zero-order valence-corrected chi connectivity index (χ0v) is 28.1. The van der Waals surface area contributed by atoms with E-state index in [1.165, 1.54) is 83.5 Å². The summed E-state index contributed by atoms with van der Waals surface area (Å²) in [5.74, 6) is 0.1000. The molecule has 0 radical (unpaired) electrons. The zero-order valence-electron chi connectivity index (χ0n) is 27.3. The lowest BCUT2D eigenvalue weighted by Gasteiger charge is -2.40. The Kier molecular flexibility index (Phi) is 25.3. The number of halogens is 1. The Morgan fingerprint density at radius 3 is 1.84 bits per heavy atom. The van der Waals surface area contributed by atoms with Crippen LogP contribution in [-0.4, -0.2) is 120 Å². The molecule has 0 bridgehead atoms. The van der Waals surface area contributed by atoms with E-state index < -0.39 is 43.4 Å². The summed E-state index contributed by atoms with van der Waals surface area (Å²) in [5.41, 5.74) is 0. The third-order valence-electron chi connectivity index (χ3n) is 8.28. The van der Waals surface area contributed by atoms with Crippen molar-refractivity contribution in [3.63, 3.8) is 0 Å². The Hall–Kier alpha value is -0.560. The number of nitrogens with one attached hydrogen (secondary N) is 1. The minimum atomic E-state index is -1.51. The Labute approximate surface area is 267 Å². The van der Waals surface area contributed by atoms with E-state index >= 15 is 0 Å². The SMILES string of the molecule is CCCCCCCCCCCCCCCCCC(=O)NCCC[N+](C)(C)CC(O)COC1OC(CO)C(O)C(O)C1O.[Cl-]. The molecule has 10 nitrogen and oxygen atoms in total. The first-order chi connectivity index (χ1) is 20.1. The minimum absolute atomic E-state index is 0. The molecule has 1 heterocycles. The maximum Gasteiger partial charge on any atom is 0.219 e. The number of aliphatic hydroxyl groups excluding tert-OH is 5. The first-order valence-corrected chi connectivity index (χ1v) is 16.8. The van der Waals surface area contributed by atoms with Crippen molar-refractivity contribution in [2.24, 2.45) is 0 Å². The lowest BCUT2D eigenvalue weighted by Crippen LogP contribution is -3.00. The molecular formula is C32H65ClN2O8. The maximum absolute atomic E-state index is 12.2. The molecule has 6 unspecified atom stereocenters. The molecule has 6 atom stereocenters. The first-order valence-electron chi connectivity index (χ1n) is 16.8. The largest absolute Gasteiger partial charge is 1.00 e. The van der Waals surface area contributed by atoms with E-state index in [0.29, 0.717) is 24.0 Å². The number of ether oxygens (including phenoxy) is 2. The number of likely N-dealkylation sites (N-methyl/N-ethyl adjacent to an activating group) is 1. The molecule has 258 valence electrons. The van der Waals surface area contributed by atoms with E-state index in [0.717, 1.165) is 25.8 Å². The molecule has 0 aromatic rings. The summed E-state index contributed by atoms with van der Waals surface area (Å²) < 4.78 is 11.3. The number of carbonyl (C=O) groups excluding carboxylic acids is 1. The predicted octanol–water partition coefficient (Wildman–Crippen LogP) is 0.0120. The van der Waals surface area contributed by atoms with Gasteiger partial charge in [-0.05, 0) is 6.42 Å². The topological polar surface area (TPSA) is 149 Å². The second-order valence-corrected chi connectivity index (χ2v) is 12.9. The second-order valence-electron chi connectivity index (χ2n) is 12.9. The molecule has 0 aromatic carbocycles. The highest BCUT2D eigenvalue weighted by atomic mass is 35.5. The highest BCUT2D eigenvalue weighted by Gasteiger charge is 2.44. The third kappa shape index (κ3) is 20.2. The van der Waals surface area contributed by atoms with E-state index in [-0.39, 0.29) is 24.9 Å². The highest BCUT2D eigenvalue weighted by Crippen LogP contribution is 2.22. The van der Waals surface area contributed by atoms with Crippen molar-refractivity contribution in [1.82, 2.24) is 5.32 Å². The number of quaternary nitrogens is 1. The van der Waals surface area contributed by atoms with Crippen LogP contribution in [0.4, 0.5) is 0 Å². The van der Waals surface area contributed by atoms with Crippen molar-refractivity contribution in [3.05, 3.63) is 0 Å². The van der Waals surface area contributed by atoms with Crippen LogP contribution in [0.25, 0.3) is 0 Å². The smallest absolute Gasteiger partial charge is 0.219 e. The normalized spacial score (nSPS) is 23.1. The van der Waals surface area contributed by atoms with Crippen molar-refractivity contribution >= 4 is 5.91 Å². The fraction of sp³-hybridized carbons (Fsp3) is 0.969. The molecule has 1 aliphatic rings. The standard InChI is InChI=1S/C32H64N2O8.ClH/c1-4-5-6-7-8-9-10-11-12-13-14-15-16-17-18-20-28(37)33-21-19-22-34(2,3)23-26(36)25-41-32-31(40)30(39)29(38)27(24-35)42-32;/h26-27,29-32,35-36,38-40H,4-25H2,1-3H3;1H. The van der Waals surface area contributed by atoms with E-state index in [1.54, 1.807) is 0 Å². The number of nitrogens with zero attached hydrogens (tertiary/aromatic N) is 1. The van der Waals surface area contributed by atoms with E-state index in [2.05, 4.69) is 12.2 Å². The first kappa shape index (κ1) is 42.4. The Morgan fingerprint density at radius 1 is 0.814 bits per heavy atom. The van der Waals surface area contributed by atoms with Crippen LogP contribution in [0.15, 0.2) is 0 Å². The lowest BCUT2D eigenvalue weighted by atomic mass is 9.99. The van der Waals surface area contributed by atoms with Gasteiger partial charge in [-0.25, -0.2) is 0 Å². The van der Waals surface area contributed by atoms with Gasteiger partial charge < -0.3 is 57.2 Å². The molecule has 0 spiro atoms. The number of carbonyl (C=O) groups is 1. The lowest BCUT2D eigenvalue weighted by molar-refractivity contribution is -0.893. The molecule has 0 aliphatic carbocycles. The van der Waals surface area contributed by atoms with Gasteiger partial charge in [0, 0.05) is 19.4 Å². The minimum Gasteiger partial charge on any atom is -1.00 e. The Morgan fingerprint density at radius 2 is 1.33 bits per heavy atom. The number of unbranched alkanes of at least 4 members (excludes halogenated alkanes) is 14. The van der Waals surface area contributed by atoms with Crippen molar-refractivity contribution < 1.29 is 56.7 Å². The molecule has 1 fully saturated rings. The summed E-state index contributed by atoms with van der Waals surface area (Å²) in [6.07, 6.45) is 13.4. The molecule has 1 saturated heterocycles. The zero-order chi connectivity index (χ0) is 31.2. The van der Waals surface area contributed by atoms with Crippen molar-refractivity contribution in [2.45, 2.75) is 153 Å². The number of aliphatic hydroxyl groups is 5. The van der Waals surface area contributed by atoms with Gasteiger partial charge in [-0.1, -0.05) is 96.8 Å². The second kappa shape index (κ2) is 25.6. The summed E-state index contributed by atoms with van der Waals surface area (Å²) in [4.78, 5) is 12.2. The average molecular weight is 641 g/mol. The molecular weight excluding hydrogens is 576 g/mol. The van der Waals surface area contributed by atoms with Gasteiger partial charge in [0.1, 0.15) is 37.1 Å². The fourth-order valence-corrected chi connectivity index (χ4v) is 5.61. The van der Waals surface area contributed by atoms with Crippen LogP contribution in [-0.2, 0) is 14.3 Å². The quantitative estimate of drug-likeness (QED) is 0.0572. The van der Waals surface area contributed by atoms with Crippen molar-refractivity contribution in [1.29, 1.82) is 0 Å². The van der Waals surface area contributed by atoms with E-state index in [1.807, 2.05) is 14.1 Å². The fourth-order valence-electron chi connectivity index (χ4n) is 5.61. The van der Waals surface area contributed by atoms with Crippen LogP contribution >= 0.6 is 0 Å². The van der Waals surface area contributed by atoms with Crippen LogP contribution in [0.2, 0.25) is 0 Å². The van der Waals surface area contributed by atoms with Crippen LogP contribution in [0.3, 0.4) is 0 Å². The molecule has 1 rings (SSSR count). The Balaban J connectivity index is 0.0000176. The van der Waals surface area contributed by atoms with Gasteiger partial charge in [-0.15, -0.1) is 0 Å². The number of amides is 1. The van der Waals surface area contributed by atoms with Crippen LogP contribution in [0.5, 0.6) is 0 Å². The maximum atomic E-state index is 12.2. The van der Waals surface area contributed by atoms with Crippen molar-refractivity contribution in [2.75, 3.05) is 46.9 Å². The molecule has 43 heavy (non-hydrogen) atoms. The summed E-state index contributed by atoms with van der Waals surface area (Å²) in [7, 11) is 3.96. The molecule has 1 aliphatic heterocycles. The van der Waals surface area contributed by atoms with Crippen molar-refractivity contribution in [3.8, 4) is 0 Å². The van der Waals surface area contributed by atoms with Gasteiger partial charge in [0.15, 0.2) is 6.29 Å². The van der Waals surface area contributed by atoms with E-state index in [4.69, 9.17) is 9.47 Å². The van der Waals surface area contributed by atoms with E-state index in [9.17, 15) is 30.3 Å². The third-order valence-corrected chi connectivity index (χ3v) is 8.28. The summed E-state index contributed by atoms with van der Waals surface area (Å²) in [6.45, 7) is 3.31. The van der Waals surface area contributed by atoms with Gasteiger partial charge >= 0.3 is 0 Å². The van der Waals surface area contributed by atoms with Gasteiger partial charge in [-0.3, -0.25) is 4.79 Å². The van der Waals surface area contributed by atoms with Crippen LogP contribution in [0, 0.1) is 0 Å². The number of hydrogen-bond donors (Lipinski definition) is 6. The summed E-state index contributed by atoms with van der Waals surface area (Å²) in [5, 5.41) is 52.5. The molecule has 0 saturated carbocycles. The summed E-state index contributed by atoms with van der Waals surface area (Å²) in [6, 6.07) is 0. The van der Waals surface area contributed by atoms with Gasteiger partial charge in [-0.2, -0.15) is 0 Å². The number of rotatable bonds is 26. The highest BCUT2D eigenvalue weighted by molar-refractivity contribution is 5.75. The van der Waals surface area contributed by atoms with Crippen LogP contribution in [0.1, 0.15) is 116 Å². The average Bonchev–Trinajstić information content (AvgIpc) is 2.95. The predicted molar refractivity (Wildman–Crippen MR) is 165 cm³/mol. The monoisotopic (exact) mass is 640 g/mol. The molecule has 0 aromatic heterocycles. The Bertz CT molecular complexity index is 673. The van der Waals surface area contributed by atoms with Gasteiger partial charge in [0.25, 0.3) is 0 Å². The summed E-state index contributed by atoms with van der Waals surface area (Å²) >= 11 is 0. The van der Waals surface area contributed by atoms with Gasteiger partial charge in [0.2, 0.25) is 5.91 Å². The number of hydrogen-bond acceptors (Lipinski definition) is 8. The van der Waals surface area contributed by atoms with Crippen LogP contribution < -0.4 is 17.7 Å².